The van der Waals surface area contributed by atoms with Crippen LogP contribution in [0.1, 0.15) is 90.9 Å². The standard InChI is InChI=1S/C18H34O2/c1-3-5-7-9-11-13-15-17-20-18(19)16-14-12-10-8-6-4-2/h8,10H,3-7,9,11-17H2,1-2H3/b10-8+. The molecule has 0 rings (SSSR count). The summed E-state index contributed by atoms with van der Waals surface area (Å²) in [6.07, 6.45) is 18.0. The second kappa shape index (κ2) is 16.3. The number of ether oxygens (including phenoxy) is 1. The van der Waals surface area contributed by atoms with E-state index >= 15 is 0 Å². The highest BCUT2D eigenvalue weighted by atomic mass is 16.5. The fraction of sp³-hybridized carbons (Fsp3) is 0.833. The second-order valence-corrected chi connectivity index (χ2v) is 5.49. The molecule has 0 aromatic heterocycles. The van der Waals surface area contributed by atoms with Crippen LogP contribution >= 0.6 is 0 Å². The predicted octanol–water partition coefficient (Wildman–Crippen LogP) is 5.81. The maximum atomic E-state index is 11.5. The smallest absolute Gasteiger partial charge is 0.305 e. The number of rotatable bonds is 14. The summed E-state index contributed by atoms with van der Waals surface area (Å²) in [4.78, 5) is 11.5. The highest BCUT2D eigenvalue weighted by molar-refractivity contribution is 5.69. The molecule has 20 heavy (non-hydrogen) atoms. The molecule has 118 valence electrons. The van der Waals surface area contributed by atoms with E-state index in [1.54, 1.807) is 0 Å². The molecule has 0 aromatic carbocycles. The predicted molar refractivity (Wildman–Crippen MR) is 86.9 cm³/mol. The van der Waals surface area contributed by atoms with Crippen LogP contribution in [0.2, 0.25) is 0 Å². The van der Waals surface area contributed by atoms with Gasteiger partial charge in [0.2, 0.25) is 0 Å². The van der Waals surface area contributed by atoms with Gasteiger partial charge in [-0.25, -0.2) is 0 Å². The molecular weight excluding hydrogens is 248 g/mol. The Labute approximate surface area is 126 Å². The first-order chi connectivity index (χ1) is 9.81. The van der Waals surface area contributed by atoms with Gasteiger partial charge in [0, 0.05) is 6.42 Å². The van der Waals surface area contributed by atoms with Crippen molar-refractivity contribution in [1.29, 1.82) is 0 Å². The van der Waals surface area contributed by atoms with Gasteiger partial charge in [0.05, 0.1) is 6.61 Å². The third-order valence-electron chi connectivity index (χ3n) is 3.38. The Bertz CT molecular complexity index is 234. The first-order valence-corrected chi connectivity index (χ1v) is 8.61. The van der Waals surface area contributed by atoms with Crippen LogP contribution in [0.3, 0.4) is 0 Å². The highest BCUT2D eigenvalue weighted by Gasteiger charge is 2.01. The zero-order valence-electron chi connectivity index (χ0n) is 13.7. The lowest BCUT2D eigenvalue weighted by atomic mass is 10.1. The van der Waals surface area contributed by atoms with E-state index in [1.165, 1.54) is 44.9 Å². The number of esters is 1. The molecule has 0 aliphatic rings. The summed E-state index contributed by atoms with van der Waals surface area (Å²) < 4.78 is 5.23. The van der Waals surface area contributed by atoms with Crippen molar-refractivity contribution in [2.24, 2.45) is 0 Å². The number of unbranched alkanes of at least 4 members (excludes halogenated alkanes) is 8. The minimum Gasteiger partial charge on any atom is -0.466 e. The first-order valence-electron chi connectivity index (χ1n) is 8.61. The van der Waals surface area contributed by atoms with Crippen molar-refractivity contribution in [3.63, 3.8) is 0 Å². The maximum Gasteiger partial charge on any atom is 0.305 e. The SMILES string of the molecule is CCC/C=C/CCCC(=O)OCCCCCCCCC. The van der Waals surface area contributed by atoms with E-state index in [9.17, 15) is 4.79 Å². The van der Waals surface area contributed by atoms with Crippen LogP contribution in [0.15, 0.2) is 12.2 Å². The Balaban J connectivity index is 3.20. The van der Waals surface area contributed by atoms with Crippen molar-refractivity contribution in [1.82, 2.24) is 0 Å². The van der Waals surface area contributed by atoms with E-state index < -0.39 is 0 Å². The largest absolute Gasteiger partial charge is 0.466 e. The fourth-order valence-corrected chi connectivity index (χ4v) is 2.08. The lowest BCUT2D eigenvalue weighted by molar-refractivity contribution is -0.143. The average Bonchev–Trinajstić information content (AvgIpc) is 2.45. The van der Waals surface area contributed by atoms with Crippen LogP contribution in [0.4, 0.5) is 0 Å². The first kappa shape index (κ1) is 19.2. The van der Waals surface area contributed by atoms with Crippen LogP contribution in [0, 0.1) is 0 Å². The molecule has 0 atom stereocenters. The molecular formula is C18H34O2. The topological polar surface area (TPSA) is 26.3 Å². The summed E-state index contributed by atoms with van der Waals surface area (Å²) in [6.45, 7) is 5.02. The molecule has 2 heteroatoms. The third-order valence-corrected chi connectivity index (χ3v) is 3.38. The van der Waals surface area contributed by atoms with Gasteiger partial charge in [-0.2, -0.15) is 0 Å². The number of carbonyl (C=O) groups excluding carboxylic acids is 1. The van der Waals surface area contributed by atoms with Crippen LogP contribution < -0.4 is 0 Å². The lowest BCUT2D eigenvalue weighted by Gasteiger charge is -2.04. The Hall–Kier alpha value is -0.790. The minimum atomic E-state index is -0.0279. The summed E-state index contributed by atoms with van der Waals surface area (Å²) in [7, 11) is 0. The molecule has 0 fully saturated rings. The van der Waals surface area contributed by atoms with Gasteiger partial charge in [0.25, 0.3) is 0 Å². The van der Waals surface area contributed by atoms with E-state index in [0.29, 0.717) is 13.0 Å². The minimum absolute atomic E-state index is 0.0279. The van der Waals surface area contributed by atoms with Crippen molar-refractivity contribution in [2.45, 2.75) is 90.9 Å². The van der Waals surface area contributed by atoms with E-state index in [-0.39, 0.29) is 5.97 Å². The van der Waals surface area contributed by atoms with Crippen molar-refractivity contribution in [3.8, 4) is 0 Å². The number of hydrogen-bond acceptors (Lipinski definition) is 2. The molecule has 0 aromatic rings. The normalized spacial score (nSPS) is 11.1. The Morgan fingerprint density at radius 2 is 1.45 bits per heavy atom. The van der Waals surface area contributed by atoms with Crippen molar-refractivity contribution in [2.75, 3.05) is 6.61 Å². The summed E-state index contributed by atoms with van der Waals surface area (Å²) in [5, 5.41) is 0. The van der Waals surface area contributed by atoms with Crippen molar-refractivity contribution >= 4 is 5.97 Å². The van der Waals surface area contributed by atoms with Crippen molar-refractivity contribution < 1.29 is 9.53 Å². The molecule has 0 radical (unpaired) electrons. The quantitative estimate of drug-likeness (QED) is 0.228. The van der Waals surface area contributed by atoms with E-state index in [2.05, 4.69) is 26.0 Å². The van der Waals surface area contributed by atoms with Gasteiger partial charge in [0.1, 0.15) is 0 Å². The van der Waals surface area contributed by atoms with Crippen LogP contribution in [0.5, 0.6) is 0 Å². The number of hydrogen-bond donors (Lipinski definition) is 0. The molecule has 0 aliphatic heterocycles. The zero-order chi connectivity index (χ0) is 14.9. The summed E-state index contributed by atoms with van der Waals surface area (Å²) in [5.41, 5.74) is 0. The van der Waals surface area contributed by atoms with Gasteiger partial charge in [-0.15, -0.1) is 0 Å². The van der Waals surface area contributed by atoms with Gasteiger partial charge in [-0.3, -0.25) is 4.79 Å². The lowest BCUT2D eigenvalue weighted by Crippen LogP contribution is -2.05. The highest BCUT2D eigenvalue weighted by Crippen LogP contribution is 2.07. The van der Waals surface area contributed by atoms with Gasteiger partial charge >= 0.3 is 5.97 Å². The third kappa shape index (κ3) is 15.3. The van der Waals surface area contributed by atoms with Crippen molar-refractivity contribution in [3.05, 3.63) is 12.2 Å². The van der Waals surface area contributed by atoms with E-state index in [4.69, 9.17) is 4.74 Å². The van der Waals surface area contributed by atoms with Crippen LogP contribution in [-0.2, 0) is 9.53 Å². The van der Waals surface area contributed by atoms with Crippen LogP contribution in [-0.4, -0.2) is 12.6 Å². The Morgan fingerprint density at radius 1 is 0.800 bits per heavy atom. The monoisotopic (exact) mass is 282 g/mol. The number of carbonyl (C=O) groups is 1. The zero-order valence-corrected chi connectivity index (χ0v) is 13.7. The molecule has 0 saturated heterocycles. The molecule has 0 amide bonds. The van der Waals surface area contributed by atoms with Gasteiger partial charge in [-0.05, 0) is 25.7 Å². The molecule has 0 N–H and O–H groups in total. The van der Waals surface area contributed by atoms with Gasteiger partial charge in [0.15, 0.2) is 0 Å². The molecule has 0 spiro atoms. The average molecular weight is 282 g/mol. The summed E-state index contributed by atoms with van der Waals surface area (Å²) in [5.74, 6) is -0.0279. The van der Waals surface area contributed by atoms with Crippen LogP contribution in [0.25, 0.3) is 0 Å². The molecule has 0 saturated carbocycles. The summed E-state index contributed by atoms with van der Waals surface area (Å²) >= 11 is 0. The van der Waals surface area contributed by atoms with E-state index in [0.717, 1.165) is 25.7 Å². The number of allylic oxidation sites excluding steroid dienone is 2. The molecule has 2 nitrogen and oxygen atoms in total. The Kier molecular flexibility index (Phi) is 15.6. The molecule has 0 heterocycles. The summed E-state index contributed by atoms with van der Waals surface area (Å²) in [6, 6.07) is 0. The second-order valence-electron chi connectivity index (χ2n) is 5.49. The molecule has 0 bridgehead atoms. The van der Waals surface area contributed by atoms with Gasteiger partial charge in [-0.1, -0.05) is 70.9 Å². The molecule has 0 aliphatic carbocycles. The van der Waals surface area contributed by atoms with Gasteiger partial charge < -0.3 is 4.74 Å². The fourth-order valence-electron chi connectivity index (χ4n) is 2.08. The molecule has 0 unspecified atom stereocenters. The Morgan fingerprint density at radius 3 is 2.15 bits per heavy atom. The van der Waals surface area contributed by atoms with E-state index in [1.807, 2.05) is 0 Å². The maximum absolute atomic E-state index is 11.5.